The molecular formula is C22H30O3. The predicted octanol–water partition coefficient (Wildman–Crippen LogP) is 4.88. The molecular weight excluding hydrogens is 312 g/mol. The van der Waals surface area contributed by atoms with Crippen LogP contribution in [0.5, 0.6) is 5.75 Å². The first kappa shape index (κ1) is 18.2. The monoisotopic (exact) mass is 342 g/mol. The first-order valence-corrected chi connectivity index (χ1v) is 9.43. The number of rotatable bonds is 5. The average molecular weight is 342 g/mol. The Hall–Kier alpha value is -1.61. The summed E-state index contributed by atoms with van der Waals surface area (Å²) in [6.07, 6.45) is 5.69. The Labute approximate surface area is 151 Å². The van der Waals surface area contributed by atoms with Gasteiger partial charge in [0.1, 0.15) is 5.75 Å². The van der Waals surface area contributed by atoms with Crippen molar-refractivity contribution in [1.82, 2.24) is 0 Å². The summed E-state index contributed by atoms with van der Waals surface area (Å²) in [5, 5.41) is 0. The summed E-state index contributed by atoms with van der Waals surface area (Å²) in [6.45, 7) is 6.35. The molecule has 2 atom stereocenters. The number of methoxy groups -OCH3 is 1. The highest BCUT2D eigenvalue weighted by Gasteiger charge is 2.39. The number of Topliss-reactive ketones (excluding diaryl/α,β-unsaturated/α-hetero) is 1. The molecule has 0 radical (unpaired) electrons. The van der Waals surface area contributed by atoms with Gasteiger partial charge in [-0.15, -0.1) is 0 Å². The van der Waals surface area contributed by atoms with E-state index in [1.807, 2.05) is 12.1 Å². The van der Waals surface area contributed by atoms with E-state index in [0.29, 0.717) is 18.1 Å². The van der Waals surface area contributed by atoms with Crippen molar-refractivity contribution in [1.29, 1.82) is 0 Å². The maximum Gasteiger partial charge on any atom is 0.158 e. The molecule has 0 aromatic heterocycles. The molecule has 1 aromatic rings. The van der Waals surface area contributed by atoms with E-state index < -0.39 is 0 Å². The Bertz CT molecular complexity index is 666. The SMILES string of the molecule is COc1cccc(CCC2=C3CCC(OC(C)(C)C)C3CCC2=O)c1. The Morgan fingerprint density at radius 3 is 2.64 bits per heavy atom. The molecule has 0 saturated heterocycles. The smallest absolute Gasteiger partial charge is 0.158 e. The van der Waals surface area contributed by atoms with Gasteiger partial charge in [0.05, 0.1) is 18.8 Å². The highest BCUT2D eigenvalue weighted by molar-refractivity contribution is 5.97. The second-order valence-corrected chi connectivity index (χ2v) is 8.23. The van der Waals surface area contributed by atoms with Crippen LogP contribution in [0.2, 0.25) is 0 Å². The maximum atomic E-state index is 12.5. The van der Waals surface area contributed by atoms with Crippen LogP contribution in [0.15, 0.2) is 35.4 Å². The van der Waals surface area contributed by atoms with Crippen molar-refractivity contribution in [2.75, 3.05) is 7.11 Å². The van der Waals surface area contributed by atoms with Gasteiger partial charge in [-0.1, -0.05) is 17.7 Å². The molecule has 2 aliphatic rings. The highest BCUT2D eigenvalue weighted by Crippen LogP contribution is 2.44. The van der Waals surface area contributed by atoms with Crippen LogP contribution in [0.4, 0.5) is 0 Å². The quantitative estimate of drug-likeness (QED) is 0.765. The van der Waals surface area contributed by atoms with E-state index in [2.05, 4.69) is 32.9 Å². The summed E-state index contributed by atoms with van der Waals surface area (Å²) in [5.41, 5.74) is 3.57. The first-order chi connectivity index (χ1) is 11.9. The number of carbonyl (C=O) groups excluding carboxylic acids is 1. The lowest BCUT2D eigenvalue weighted by Crippen LogP contribution is -2.32. The van der Waals surface area contributed by atoms with E-state index in [1.54, 1.807) is 7.11 Å². The van der Waals surface area contributed by atoms with E-state index >= 15 is 0 Å². The number of fused-ring (bicyclic) bond motifs is 1. The molecule has 0 amide bonds. The van der Waals surface area contributed by atoms with Crippen molar-refractivity contribution in [2.45, 2.75) is 71.0 Å². The average Bonchev–Trinajstić information content (AvgIpc) is 2.95. The van der Waals surface area contributed by atoms with Crippen molar-refractivity contribution in [3.8, 4) is 5.75 Å². The summed E-state index contributed by atoms with van der Waals surface area (Å²) in [7, 11) is 1.69. The molecule has 2 aliphatic carbocycles. The molecule has 2 unspecified atom stereocenters. The van der Waals surface area contributed by atoms with Crippen LogP contribution in [0.3, 0.4) is 0 Å². The fourth-order valence-corrected chi connectivity index (χ4v) is 4.25. The van der Waals surface area contributed by atoms with E-state index in [1.165, 1.54) is 11.1 Å². The number of ether oxygens (including phenoxy) is 2. The number of ketones is 1. The number of allylic oxidation sites excluding steroid dienone is 1. The van der Waals surface area contributed by atoms with Gasteiger partial charge in [0.2, 0.25) is 0 Å². The molecule has 1 aromatic carbocycles. The van der Waals surface area contributed by atoms with Crippen LogP contribution in [-0.2, 0) is 16.0 Å². The zero-order valence-electron chi connectivity index (χ0n) is 15.9. The van der Waals surface area contributed by atoms with Crippen LogP contribution in [0.1, 0.15) is 58.4 Å². The van der Waals surface area contributed by atoms with Crippen molar-refractivity contribution in [2.24, 2.45) is 5.92 Å². The molecule has 0 aliphatic heterocycles. The number of hydrogen-bond acceptors (Lipinski definition) is 3. The lowest BCUT2D eigenvalue weighted by atomic mass is 9.81. The van der Waals surface area contributed by atoms with Crippen LogP contribution in [-0.4, -0.2) is 24.6 Å². The van der Waals surface area contributed by atoms with Crippen molar-refractivity contribution >= 4 is 5.78 Å². The van der Waals surface area contributed by atoms with Gasteiger partial charge in [-0.25, -0.2) is 0 Å². The minimum Gasteiger partial charge on any atom is -0.497 e. The number of hydrogen-bond donors (Lipinski definition) is 0. The van der Waals surface area contributed by atoms with Gasteiger partial charge in [0, 0.05) is 12.3 Å². The van der Waals surface area contributed by atoms with Gasteiger partial charge < -0.3 is 9.47 Å². The Kier molecular flexibility index (Phi) is 5.33. The van der Waals surface area contributed by atoms with Crippen molar-refractivity contribution < 1.29 is 14.3 Å². The second-order valence-electron chi connectivity index (χ2n) is 8.23. The summed E-state index contributed by atoms with van der Waals surface area (Å²) in [4.78, 5) is 12.5. The molecule has 0 heterocycles. The van der Waals surface area contributed by atoms with E-state index in [0.717, 1.165) is 43.4 Å². The largest absolute Gasteiger partial charge is 0.497 e. The lowest BCUT2D eigenvalue weighted by Gasteiger charge is -2.31. The molecule has 0 bridgehead atoms. The zero-order valence-corrected chi connectivity index (χ0v) is 15.9. The normalized spacial score (nSPS) is 23.8. The lowest BCUT2D eigenvalue weighted by molar-refractivity contribution is -0.117. The molecule has 3 rings (SSSR count). The number of carbonyl (C=O) groups is 1. The van der Waals surface area contributed by atoms with Crippen LogP contribution >= 0.6 is 0 Å². The van der Waals surface area contributed by atoms with Gasteiger partial charge in [-0.2, -0.15) is 0 Å². The number of benzene rings is 1. The van der Waals surface area contributed by atoms with Gasteiger partial charge in [-0.05, 0) is 76.1 Å². The third-order valence-corrected chi connectivity index (χ3v) is 5.30. The minimum absolute atomic E-state index is 0.123. The third kappa shape index (κ3) is 4.33. The first-order valence-electron chi connectivity index (χ1n) is 9.43. The van der Waals surface area contributed by atoms with E-state index in [-0.39, 0.29) is 11.7 Å². The fraction of sp³-hybridized carbons (Fsp3) is 0.591. The summed E-state index contributed by atoms with van der Waals surface area (Å²) in [5.74, 6) is 1.67. The molecule has 25 heavy (non-hydrogen) atoms. The maximum absolute atomic E-state index is 12.5. The standard InChI is InChI=1S/C22H30O3/c1-22(2,3)25-21-13-11-17-18(20(23)12-10-19(17)21)9-8-15-6-5-7-16(14-15)24-4/h5-7,14,19,21H,8-13H2,1-4H3. The van der Waals surface area contributed by atoms with Gasteiger partial charge in [0.15, 0.2) is 5.78 Å². The Morgan fingerprint density at radius 2 is 1.92 bits per heavy atom. The number of aryl methyl sites for hydroxylation is 1. The minimum atomic E-state index is -0.123. The molecule has 0 N–H and O–H groups in total. The summed E-state index contributed by atoms with van der Waals surface area (Å²) >= 11 is 0. The van der Waals surface area contributed by atoms with Crippen molar-refractivity contribution in [3.05, 3.63) is 41.0 Å². The predicted molar refractivity (Wildman–Crippen MR) is 99.9 cm³/mol. The molecule has 3 nitrogen and oxygen atoms in total. The summed E-state index contributed by atoms with van der Waals surface area (Å²) in [6, 6.07) is 8.15. The molecule has 136 valence electrons. The van der Waals surface area contributed by atoms with Gasteiger partial charge >= 0.3 is 0 Å². The van der Waals surface area contributed by atoms with E-state index in [4.69, 9.17) is 9.47 Å². The topological polar surface area (TPSA) is 35.5 Å². The van der Waals surface area contributed by atoms with Crippen LogP contribution < -0.4 is 4.74 Å². The van der Waals surface area contributed by atoms with Gasteiger partial charge in [0.25, 0.3) is 0 Å². The highest BCUT2D eigenvalue weighted by atomic mass is 16.5. The van der Waals surface area contributed by atoms with Crippen LogP contribution in [0, 0.1) is 5.92 Å². The molecule has 3 heteroatoms. The van der Waals surface area contributed by atoms with Crippen LogP contribution in [0.25, 0.3) is 0 Å². The summed E-state index contributed by atoms with van der Waals surface area (Å²) < 4.78 is 11.6. The van der Waals surface area contributed by atoms with Gasteiger partial charge in [-0.3, -0.25) is 4.79 Å². The van der Waals surface area contributed by atoms with Crippen molar-refractivity contribution in [3.63, 3.8) is 0 Å². The Morgan fingerprint density at radius 1 is 1.12 bits per heavy atom. The van der Waals surface area contributed by atoms with E-state index in [9.17, 15) is 4.79 Å². The molecule has 1 saturated carbocycles. The fourth-order valence-electron chi connectivity index (χ4n) is 4.25. The third-order valence-electron chi connectivity index (χ3n) is 5.30. The zero-order chi connectivity index (χ0) is 18.0. The molecule has 1 fully saturated rings. The molecule has 0 spiro atoms. The second kappa shape index (κ2) is 7.33. The Balaban J connectivity index is 1.74.